The average Bonchev–Trinajstić information content (AvgIpc) is 2.40. The first-order valence-corrected chi connectivity index (χ1v) is 7.14. The van der Waals surface area contributed by atoms with Crippen LogP contribution in [0.15, 0.2) is 24.3 Å². The topological polar surface area (TPSA) is 41.1 Å². The van der Waals surface area contributed by atoms with Crippen molar-refractivity contribution in [3.05, 3.63) is 35.4 Å². The zero-order chi connectivity index (χ0) is 13.9. The summed E-state index contributed by atoms with van der Waals surface area (Å²) in [6, 6.07) is 8.26. The summed E-state index contributed by atoms with van der Waals surface area (Å²) in [5, 5.41) is 6.50. The van der Waals surface area contributed by atoms with E-state index >= 15 is 0 Å². The highest BCUT2D eigenvalue weighted by molar-refractivity contribution is 5.86. The molecule has 2 atom stereocenters. The van der Waals surface area contributed by atoms with Crippen LogP contribution in [0.5, 0.6) is 0 Å². The van der Waals surface area contributed by atoms with E-state index in [1.807, 2.05) is 26.0 Å². The van der Waals surface area contributed by atoms with Crippen LogP contribution in [0.1, 0.15) is 50.3 Å². The maximum Gasteiger partial charge on any atom is 0.240 e. The van der Waals surface area contributed by atoms with Crippen molar-refractivity contribution in [2.45, 2.75) is 51.6 Å². The first-order chi connectivity index (χ1) is 9.03. The van der Waals surface area contributed by atoms with Gasteiger partial charge in [0.1, 0.15) is 0 Å². The number of carbonyl (C=O) groups excluding carboxylic acids is 1. The van der Waals surface area contributed by atoms with Gasteiger partial charge < -0.3 is 10.6 Å². The predicted molar refractivity (Wildman–Crippen MR) is 78.0 cm³/mol. The SMILES string of the molecule is Cc1ccccc1C(C)NC(=O)C1(C)CCCCN1. The van der Waals surface area contributed by atoms with Gasteiger partial charge in [-0.1, -0.05) is 24.3 Å². The van der Waals surface area contributed by atoms with Crippen molar-refractivity contribution in [3.8, 4) is 0 Å². The Morgan fingerprint density at radius 1 is 1.37 bits per heavy atom. The first kappa shape index (κ1) is 14.1. The Morgan fingerprint density at radius 2 is 2.11 bits per heavy atom. The molecule has 1 aromatic rings. The molecular formula is C16H24N2O. The average molecular weight is 260 g/mol. The summed E-state index contributed by atoms with van der Waals surface area (Å²) in [7, 11) is 0. The number of piperidine rings is 1. The molecule has 2 unspecified atom stereocenters. The third-order valence-corrected chi connectivity index (χ3v) is 4.12. The molecule has 2 rings (SSSR count). The van der Waals surface area contributed by atoms with Crippen LogP contribution in [0.2, 0.25) is 0 Å². The van der Waals surface area contributed by atoms with E-state index in [9.17, 15) is 4.79 Å². The van der Waals surface area contributed by atoms with E-state index in [1.165, 1.54) is 11.1 Å². The van der Waals surface area contributed by atoms with Gasteiger partial charge in [-0.2, -0.15) is 0 Å². The molecule has 1 saturated heterocycles. The Hall–Kier alpha value is -1.35. The van der Waals surface area contributed by atoms with Crippen LogP contribution in [-0.4, -0.2) is 18.0 Å². The number of hydrogen-bond acceptors (Lipinski definition) is 2. The minimum atomic E-state index is -0.408. The van der Waals surface area contributed by atoms with Gasteiger partial charge >= 0.3 is 0 Å². The summed E-state index contributed by atoms with van der Waals surface area (Å²) >= 11 is 0. The van der Waals surface area contributed by atoms with Crippen molar-refractivity contribution in [3.63, 3.8) is 0 Å². The zero-order valence-corrected chi connectivity index (χ0v) is 12.1. The Bertz CT molecular complexity index is 450. The van der Waals surface area contributed by atoms with Gasteiger partial charge in [-0.15, -0.1) is 0 Å². The molecule has 2 N–H and O–H groups in total. The van der Waals surface area contributed by atoms with Gasteiger partial charge in [0, 0.05) is 0 Å². The third-order valence-electron chi connectivity index (χ3n) is 4.12. The van der Waals surface area contributed by atoms with E-state index in [-0.39, 0.29) is 11.9 Å². The molecule has 0 radical (unpaired) electrons. The number of aryl methyl sites for hydroxylation is 1. The van der Waals surface area contributed by atoms with Crippen molar-refractivity contribution in [1.82, 2.24) is 10.6 Å². The van der Waals surface area contributed by atoms with Crippen LogP contribution in [-0.2, 0) is 4.79 Å². The van der Waals surface area contributed by atoms with Crippen molar-refractivity contribution in [2.75, 3.05) is 6.54 Å². The number of benzene rings is 1. The molecule has 104 valence electrons. The van der Waals surface area contributed by atoms with Crippen LogP contribution in [0.4, 0.5) is 0 Å². The highest BCUT2D eigenvalue weighted by atomic mass is 16.2. The summed E-state index contributed by atoms with van der Waals surface area (Å²) in [6.45, 7) is 7.07. The quantitative estimate of drug-likeness (QED) is 0.877. The zero-order valence-electron chi connectivity index (χ0n) is 12.1. The second-order valence-electron chi connectivity index (χ2n) is 5.77. The molecule has 0 bridgehead atoms. The Kier molecular flexibility index (Phi) is 4.25. The normalized spacial score (nSPS) is 24.8. The molecule has 1 amide bonds. The lowest BCUT2D eigenvalue weighted by Crippen LogP contribution is -2.57. The van der Waals surface area contributed by atoms with Gasteiger partial charge in [0.05, 0.1) is 11.6 Å². The van der Waals surface area contributed by atoms with Crippen LogP contribution >= 0.6 is 0 Å². The molecule has 1 fully saturated rings. The van der Waals surface area contributed by atoms with Crippen molar-refractivity contribution < 1.29 is 4.79 Å². The predicted octanol–water partition coefficient (Wildman–Crippen LogP) is 2.70. The van der Waals surface area contributed by atoms with E-state index in [2.05, 4.69) is 29.7 Å². The molecule has 0 aliphatic carbocycles. The van der Waals surface area contributed by atoms with Gasteiger partial charge in [-0.3, -0.25) is 4.79 Å². The second kappa shape index (κ2) is 5.74. The second-order valence-corrected chi connectivity index (χ2v) is 5.77. The summed E-state index contributed by atoms with van der Waals surface area (Å²) in [5.74, 6) is 0.114. The monoisotopic (exact) mass is 260 g/mol. The lowest BCUT2D eigenvalue weighted by atomic mass is 9.89. The van der Waals surface area contributed by atoms with Crippen LogP contribution in [0.3, 0.4) is 0 Å². The van der Waals surface area contributed by atoms with Gasteiger partial charge in [0.2, 0.25) is 5.91 Å². The Morgan fingerprint density at radius 3 is 2.74 bits per heavy atom. The molecule has 1 aliphatic heterocycles. The molecule has 3 heteroatoms. The van der Waals surface area contributed by atoms with E-state index in [0.29, 0.717) is 0 Å². The smallest absolute Gasteiger partial charge is 0.240 e. The molecule has 1 aliphatic rings. The van der Waals surface area contributed by atoms with Crippen molar-refractivity contribution >= 4 is 5.91 Å². The fraction of sp³-hybridized carbons (Fsp3) is 0.562. The highest BCUT2D eigenvalue weighted by Crippen LogP contribution is 2.22. The summed E-state index contributed by atoms with van der Waals surface area (Å²) in [6.07, 6.45) is 3.20. The largest absolute Gasteiger partial charge is 0.348 e. The molecule has 1 heterocycles. The van der Waals surface area contributed by atoms with Crippen molar-refractivity contribution in [2.24, 2.45) is 0 Å². The minimum Gasteiger partial charge on any atom is -0.348 e. The lowest BCUT2D eigenvalue weighted by Gasteiger charge is -2.34. The van der Waals surface area contributed by atoms with Crippen LogP contribution < -0.4 is 10.6 Å². The summed E-state index contributed by atoms with van der Waals surface area (Å²) < 4.78 is 0. The van der Waals surface area contributed by atoms with Gasteiger partial charge in [-0.25, -0.2) is 0 Å². The molecule has 1 aromatic carbocycles. The first-order valence-electron chi connectivity index (χ1n) is 7.14. The van der Waals surface area contributed by atoms with E-state index < -0.39 is 5.54 Å². The fourth-order valence-corrected chi connectivity index (χ4v) is 2.76. The Labute approximate surface area is 115 Å². The molecule has 0 saturated carbocycles. The summed E-state index contributed by atoms with van der Waals surface area (Å²) in [5.41, 5.74) is 2.00. The fourth-order valence-electron chi connectivity index (χ4n) is 2.76. The number of rotatable bonds is 3. The minimum absolute atomic E-state index is 0.0502. The van der Waals surface area contributed by atoms with Gasteiger partial charge in [0.15, 0.2) is 0 Å². The molecular weight excluding hydrogens is 236 g/mol. The highest BCUT2D eigenvalue weighted by Gasteiger charge is 2.34. The lowest BCUT2D eigenvalue weighted by molar-refractivity contribution is -0.128. The molecule has 0 aromatic heterocycles. The number of nitrogens with one attached hydrogen (secondary N) is 2. The standard InChI is InChI=1S/C16H24N2O/c1-12-8-4-5-9-14(12)13(2)18-15(19)16(3)10-6-7-11-17-16/h4-5,8-9,13,17H,6-7,10-11H2,1-3H3,(H,18,19). The molecule has 3 nitrogen and oxygen atoms in total. The van der Waals surface area contributed by atoms with Gasteiger partial charge in [-0.05, 0) is 57.7 Å². The number of carbonyl (C=O) groups is 1. The van der Waals surface area contributed by atoms with E-state index in [4.69, 9.17) is 0 Å². The van der Waals surface area contributed by atoms with Crippen molar-refractivity contribution in [1.29, 1.82) is 0 Å². The van der Waals surface area contributed by atoms with Crippen LogP contribution in [0.25, 0.3) is 0 Å². The Balaban J connectivity index is 2.04. The van der Waals surface area contributed by atoms with E-state index in [1.54, 1.807) is 0 Å². The molecule has 0 spiro atoms. The van der Waals surface area contributed by atoms with Gasteiger partial charge in [0.25, 0.3) is 0 Å². The number of hydrogen-bond donors (Lipinski definition) is 2. The maximum atomic E-state index is 12.4. The maximum absolute atomic E-state index is 12.4. The number of amides is 1. The summed E-state index contributed by atoms with van der Waals surface area (Å²) in [4.78, 5) is 12.4. The molecule has 19 heavy (non-hydrogen) atoms. The van der Waals surface area contributed by atoms with Crippen LogP contribution in [0, 0.1) is 6.92 Å². The van der Waals surface area contributed by atoms with E-state index in [0.717, 1.165) is 25.8 Å². The third kappa shape index (κ3) is 3.16.